The summed E-state index contributed by atoms with van der Waals surface area (Å²) in [6.07, 6.45) is 1.74. The second-order valence-corrected chi connectivity index (χ2v) is 8.44. The lowest BCUT2D eigenvalue weighted by Crippen LogP contribution is -2.40. The third-order valence-corrected chi connectivity index (χ3v) is 5.57. The van der Waals surface area contributed by atoms with Gasteiger partial charge in [0.25, 0.3) is 17.6 Å². The molecule has 1 heterocycles. The molecule has 1 aliphatic heterocycles. The Morgan fingerprint density at radius 1 is 1.10 bits per heavy atom. The number of aliphatic hydroxyl groups is 1. The lowest BCUT2D eigenvalue weighted by atomic mass is 9.88. The van der Waals surface area contributed by atoms with Crippen molar-refractivity contribution in [2.45, 2.75) is 44.8 Å². The van der Waals surface area contributed by atoms with Crippen LogP contribution in [0, 0.1) is 0 Å². The molecular weight excluding hydrogens is 394 g/mol. The van der Waals surface area contributed by atoms with E-state index in [1.165, 1.54) is 19.4 Å². The summed E-state index contributed by atoms with van der Waals surface area (Å²) in [6, 6.07) is 14.8. The zero-order valence-electron chi connectivity index (χ0n) is 17.9. The van der Waals surface area contributed by atoms with E-state index in [1.807, 2.05) is 17.0 Å². The van der Waals surface area contributed by atoms with Gasteiger partial charge in [0.1, 0.15) is 5.60 Å². The number of rotatable bonds is 6. The fourth-order valence-electron chi connectivity index (χ4n) is 3.77. The summed E-state index contributed by atoms with van der Waals surface area (Å²) >= 11 is 0. The lowest BCUT2D eigenvalue weighted by Gasteiger charge is -2.32. The Morgan fingerprint density at radius 3 is 2.42 bits per heavy atom. The van der Waals surface area contributed by atoms with Gasteiger partial charge in [-0.3, -0.25) is 14.4 Å². The SMILES string of the molecule is CC(C)(O)C(=O)C(=O)Nc1cccc(C(=O)N2CCC(c3cccc(CN)c3)CC2)c1. The van der Waals surface area contributed by atoms with Gasteiger partial charge in [0.15, 0.2) is 0 Å². The van der Waals surface area contributed by atoms with Gasteiger partial charge in [-0.25, -0.2) is 0 Å². The maximum atomic E-state index is 13.0. The average molecular weight is 424 g/mol. The van der Waals surface area contributed by atoms with Crippen molar-refractivity contribution < 1.29 is 19.5 Å². The fraction of sp³-hybridized carbons (Fsp3) is 0.375. The van der Waals surface area contributed by atoms with Crippen molar-refractivity contribution in [3.63, 3.8) is 0 Å². The van der Waals surface area contributed by atoms with Crippen LogP contribution in [0.15, 0.2) is 48.5 Å². The Balaban J connectivity index is 1.63. The Hall–Kier alpha value is -3.03. The molecule has 1 saturated heterocycles. The van der Waals surface area contributed by atoms with E-state index in [0.29, 0.717) is 36.8 Å². The van der Waals surface area contributed by atoms with Crippen molar-refractivity contribution in [1.82, 2.24) is 4.90 Å². The molecule has 1 fully saturated rings. The van der Waals surface area contributed by atoms with Crippen LogP contribution in [0.5, 0.6) is 0 Å². The summed E-state index contributed by atoms with van der Waals surface area (Å²) in [4.78, 5) is 38.7. The predicted molar refractivity (Wildman–Crippen MR) is 119 cm³/mol. The number of nitrogens with one attached hydrogen (secondary N) is 1. The van der Waals surface area contributed by atoms with Gasteiger partial charge < -0.3 is 21.1 Å². The summed E-state index contributed by atoms with van der Waals surface area (Å²) in [5.74, 6) is -1.57. The standard InChI is InChI=1S/C24H29N3O4/c1-24(2,31)21(28)22(29)26-20-8-4-7-19(14-20)23(30)27-11-9-17(10-12-27)18-6-3-5-16(13-18)15-25/h3-8,13-14,17,31H,9-12,15,25H2,1-2H3,(H,26,29). The molecule has 0 aliphatic carbocycles. The maximum absolute atomic E-state index is 13.0. The number of ketones is 1. The van der Waals surface area contributed by atoms with E-state index >= 15 is 0 Å². The number of benzene rings is 2. The van der Waals surface area contributed by atoms with Crippen LogP contribution in [-0.2, 0) is 16.1 Å². The van der Waals surface area contributed by atoms with Crippen LogP contribution in [-0.4, -0.2) is 46.3 Å². The number of anilines is 1. The van der Waals surface area contributed by atoms with Crippen molar-refractivity contribution in [3.8, 4) is 0 Å². The summed E-state index contributed by atoms with van der Waals surface area (Å²) in [7, 11) is 0. The normalized spacial score (nSPS) is 14.9. The smallest absolute Gasteiger partial charge is 0.294 e. The molecule has 0 spiro atoms. The minimum absolute atomic E-state index is 0.112. The lowest BCUT2D eigenvalue weighted by molar-refractivity contribution is -0.144. The predicted octanol–water partition coefficient (Wildman–Crippen LogP) is 2.44. The molecule has 0 saturated carbocycles. The Morgan fingerprint density at radius 2 is 1.77 bits per heavy atom. The number of carbonyl (C=O) groups excluding carboxylic acids is 3. The molecule has 7 heteroatoms. The number of carbonyl (C=O) groups is 3. The first-order valence-corrected chi connectivity index (χ1v) is 10.5. The summed E-state index contributed by atoms with van der Waals surface area (Å²) in [5.41, 5.74) is 7.13. The molecular formula is C24H29N3O4. The number of likely N-dealkylation sites (tertiary alicyclic amines) is 1. The number of hydrogen-bond acceptors (Lipinski definition) is 5. The molecule has 0 aromatic heterocycles. The topological polar surface area (TPSA) is 113 Å². The highest BCUT2D eigenvalue weighted by atomic mass is 16.3. The first-order valence-electron chi connectivity index (χ1n) is 10.5. The van der Waals surface area contributed by atoms with Gasteiger partial charge in [0.05, 0.1) is 0 Å². The van der Waals surface area contributed by atoms with Gasteiger partial charge in [-0.05, 0) is 61.9 Å². The van der Waals surface area contributed by atoms with Crippen LogP contribution < -0.4 is 11.1 Å². The van der Waals surface area contributed by atoms with E-state index in [-0.39, 0.29) is 5.91 Å². The molecule has 2 amide bonds. The molecule has 2 aromatic rings. The number of nitrogens with zero attached hydrogens (tertiary/aromatic N) is 1. The van der Waals surface area contributed by atoms with E-state index < -0.39 is 17.3 Å². The number of piperidine rings is 1. The van der Waals surface area contributed by atoms with Crippen LogP contribution in [0.4, 0.5) is 5.69 Å². The van der Waals surface area contributed by atoms with Crippen molar-refractivity contribution >= 4 is 23.3 Å². The Bertz CT molecular complexity index is 973. The largest absolute Gasteiger partial charge is 0.382 e. The zero-order valence-corrected chi connectivity index (χ0v) is 17.9. The highest BCUT2D eigenvalue weighted by molar-refractivity contribution is 6.43. The third kappa shape index (κ3) is 5.57. The van der Waals surface area contributed by atoms with Crippen LogP contribution >= 0.6 is 0 Å². The van der Waals surface area contributed by atoms with E-state index in [2.05, 4.69) is 17.4 Å². The van der Waals surface area contributed by atoms with Crippen molar-refractivity contribution in [3.05, 3.63) is 65.2 Å². The monoisotopic (exact) mass is 423 g/mol. The average Bonchev–Trinajstić information content (AvgIpc) is 2.77. The first kappa shape index (κ1) is 22.7. The quantitative estimate of drug-likeness (QED) is 0.618. The van der Waals surface area contributed by atoms with Crippen molar-refractivity contribution in [2.75, 3.05) is 18.4 Å². The molecule has 164 valence electrons. The van der Waals surface area contributed by atoms with Gasteiger partial charge in [-0.1, -0.05) is 30.3 Å². The maximum Gasteiger partial charge on any atom is 0.294 e. The molecule has 0 atom stereocenters. The van der Waals surface area contributed by atoms with Crippen molar-refractivity contribution in [1.29, 1.82) is 0 Å². The first-order chi connectivity index (χ1) is 14.7. The number of amides is 2. The van der Waals surface area contributed by atoms with E-state index in [0.717, 1.165) is 18.4 Å². The summed E-state index contributed by atoms with van der Waals surface area (Å²) in [5, 5.41) is 12.2. The minimum Gasteiger partial charge on any atom is -0.382 e. The Kier molecular flexibility index (Phi) is 6.87. The third-order valence-electron chi connectivity index (χ3n) is 5.57. The highest BCUT2D eigenvalue weighted by Crippen LogP contribution is 2.29. The molecule has 0 bridgehead atoms. The van der Waals surface area contributed by atoms with E-state index in [4.69, 9.17) is 5.73 Å². The molecule has 0 radical (unpaired) electrons. The Labute approximate surface area is 182 Å². The molecule has 7 nitrogen and oxygen atoms in total. The highest BCUT2D eigenvalue weighted by Gasteiger charge is 2.30. The zero-order chi connectivity index (χ0) is 22.6. The van der Waals surface area contributed by atoms with Crippen LogP contribution in [0.2, 0.25) is 0 Å². The van der Waals surface area contributed by atoms with E-state index in [9.17, 15) is 19.5 Å². The van der Waals surface area contributed by atoms with Gasteiger partial charge in [0, 0.05) is 30.9 Å². The fourth-order valence-corrected chi connectivity index (χ4v) is 3.77. The van der Waals surface area contributed by atoms with Crippen LogP contribution in [0.25, 0.3) is 0 Å². The number of Topliss-reactive ketones (excluding diaryl/α,β-unsaturated/α-hetero) is 1. The van der Waals surface area contributed by atoms with Gasteiger partial charge in [-0.15, -0.1) is 0 Å². The molecule has 4 N–H and O–H groups in total. The summed E-state index contributed by atoms with van der Waals surface area (Å²) < 4.78 is 0. The van der Waals surface area contributed by atoms with Gasteiger partial charge >= 0.3 is 0 Å². The second kappa shape index (κ2) is 9.41. The van der Waals surface area contributed by atoms with Crippen molar-refractivity contribution in [2.24, 2.45) is 5.73 Å². The number of hydrogen-bond donors (Lipinski definition) is 3. The second-order valence-electron chi connectivity index (χ2n) is 8.44. The molecule has 31 heavy (non-hydrogen) atoms. The van der Waals surface area contributed by atoms with Gasteiger partial charge in [-0.2, -0.15) is 0 Å². The van der Waals surface area contributed by atoms with Gasteiger partial charge in [0.2, 0.25) is 0 Å². The molecule has 0 unspecified atom stereocenters. The van der Waals surface area contributed by atoms with E-state index in [1.54, 1.807) is 24.3 Å². The molecule has 1 aliphatic rings. The minimum atomic E-state index is -1.76. The summed E-state index contributed by atoms with van der Waals surface area (Å²) in [6.45, 7) is 4.31. The molecule has 3 rings (SSSR count). The van der Waals surface area contributed by atoms with Crippen LogP contribution in [0.1, 0.15) is 54.1 Å². The van der Waals surface area contributed by atoms with Crippen LogP contribution in [0.3, 0.4) is 0 Å². The molecule has 2 aromatic carbocycles. The number of nitrogens with two attached hydrogens (primary N) is 1.